The van der Waals surface area contributed by atoms with Crippen molar-refractivity contribution in [3.05, 3.63) is 94.5 Å². The minimum absolute atomic E-state index is 0.0602. The van der Waals surface area contributed by atoms with E-state index in [0.29, 0.717) is 6.16 Å². The summed E-state index contributed by atoms with van der Waals surface area (Å²) in [7, 11) is -1.29. The molecule has 0 heterocycles. The van der Waals surface area contributed by atoms with Gasteiger partial charge in [0.05, 0.1) is 6.16 Å². The predicted molar refractivity (Wildman–Crippen MR) is 166 cm³/mol. The average molecular weight is 533 g/mol. The first kappa shape index (κ1) is 30.2. The molecular weight excluding hydrogens is 483 g/mol. The first-order valence-corrected chi connectivity index (χ1v) is 15.2. The van der Waals surface area contributed by atoms with Crippen LogP contribution in [0, 0.1) is 0 Å². The van der Waals surface area contributed by atoms with Crippen LogP contribution in [0.5, 0.6) is 11.5 Å². The van der Waals surface area contributed by atoms with E-state index in [9.17, 15) is 0 Å². The Morgan fingerprint density at radius 2 is 0.895 bits per heavy atom. The van der Waals surface area contributed by atoms with Crippen LogP contribution in [0.2, 0.25) is 0 Å². The van der Waals surface area contributed by atoms with Crippen LogP contribution < -0.4 is 9.05 Å². The number of hydrogen-bond acceptors (Lipinski definition) is 2. The van der Waals surface area contributed by atoms with Crippen molar-refractivity contribution >= 4 is 8.38 Å². The summed E-state index contributed by atoms with van der Waals surface area (Å²) in [4.78, 5) is 0. The van der Waals surface area contributed by atoms with Crippen molar-refractivity contribution in [2.24, 2.45) is 0 Å². The second-order valence-electron chi connectivity index (χ2n) is 14.6. The summed E-state index contributed by atoms with van der Waals surface area (Å²) < 4.78 is 13.7. The smallest absolute Gasteiger partial charge is 0.295 e. The van der Waals surface area contributed by atoms with Crippen molar-refractivity contribution in [1.29, 1.82) is 0 Å². The molecule has 0 aliphatic carbocycles. The van der Waals surface area contributed by atoms with Gasteiger partial charge < -0.3 is 9.05 Å². The third-order valence-electron chi connectivity index (χ3n) is 6.86. The largest absolute Gasteiger partial charge is 0.438 e. The molecule has 3 aromatic carbocycles. The Balaban J connectivity index is 2.08. The summed E-state index contributed by atoms with van der Waals surface area (Å²) in [5.74, 6) is 1.83. The van der Waals surface area contributed by atoms with Gasteiger partial charge in [0, 0.05) is 11.1 Å². The summed E-state index contributed by atoms with van der Waals surface area (Å²) in [6.45, 7) is 27.1. The molecule has 3 aromatic rings. The van der Waals surface area contributed by atoms with Crippen molar-refractivity contribution in [1.82, 2.24) is 0 Å². The summed E-state index contributed by atoms with van der Waals surface area (Å²) in [5.41, 5.74) is 6.30. The molecule has 3 rings (SSSR count). The average Bonchev–Trinajstić information content (AvgIpc) is 2.77. The first-order valence-electron chi connectivity index (χ1n) is 13.8. The fourth-order valence-corrected chi connectivity index (χ4v) is 5.79. The second-order valence-corrected chi connectivity index (χ2v) is 15.9. The molecule has 2 nitrogen and oxygen atoms in total. The Hall–Kier alpha value is -2.31. The Labute approximate surface area is 234 Å². The van der Waals surface area contributed by atoms with Crippen molar-refractivity contribution < 1.29 is 9.05 Å². The van der Waals surface area contributed by atoms with Crippen molar-refractivity contribution in [3.8, 4) is 11.5 Å². The van der Waals surface area contributed by atoms with Gasteiger partial charge in [-0.05, 0) is 50.5 Å². The van der Waals surface area contributed by atoms with Crippen LogP contribution in [0.1, 0.15) is 111 Å². The molecule has 0 spiro atoms. The third-order valence-corrected chi connectivity index (χ3v) is 8.29. The maximum atomic E-state index is 6.86. The molecule has 38 heavy (non-hydrogen) atoms. The Bertz CT molecular complexity index is 1140. The van der Waals surface area contributed by atoms with Crippen LogP contribution in [0.15, 0.2) is 66.7 Å². The standard InChI is InChI=1S/C35H49O2P/c1-32(2,3)26-18-20-30(28(22-26)34(7,8)9)36-38(24-25-16-14-13-15-17-25)37-31-21-19-27(33(4,5)6)23-29(31)35(10,11)12/h13-23H,24H2,1-12H3. The van der Waals surface area contributed by atoms with Crippen LogP contribution in [-0.2, 0) is 27.8 Å². The second kappa shape index (κ2) is 11.1. The van der Waals surface area contributed by atoms with Crippen LogP contribution in [0.4, 0.5) is 0 Å². The molecule has 3 heteroatoms. The molecule has 206 valence electrons. The van der Waals surface area contributed by atoms with E-state index in [1.807, 2.05) is 0 Å². The van der Waals surface area contributed by atoms with Gasteiger partial charge in [-0.1, -0.05) is 138 Å². The minimum Gasteiger partial charge on any atom is -0.438 e. The third kappa shape index (κ3) is 7.86. The SMILES string of the molecule is CC(C)(C)c1ccc(OP(Cc2ccccc2)Oc2ccc(C(C)(C)C)cc2C(C)(C)C)c(C(C)(C)C)c1. The molecule has 0 bridgehead atoms. The lowest BCUT2D eigenvalue weighted by Crippen LogP contribution is -2.18. The monoisotopic (exact) mass is 532 g/mol. The quantitative estimate of drug-likeness (QED) is 0.294. The Morgan fingerprint density at radius 3 is 1.24 bits per heavy atom. The molecule has 0 saturated carbocycles. The van der Waals surface area contributed by atoms with Gasteiger partial charge in [0.25, 0.3) is 8.38 Å². The Kier molecular flexibility index (Phi) is 8.79. The van der Waals surface area contributed by atoms with E-state index < -0.39 is 8.38 Å². The lowest BCUT2D eigenvalue weighted by atomic mass is 9.80. The minimum atomic E-state index is -1.29. The van der Waals surface area contributed by atoms with E-state index in [2.05, 4.69) is 150 Å². The van der Waals surface area contributed by atoms with Crippen LogP contribution >= 0.6 is 8.38 Å². The molecule has 0 aliphatic heterocycles. The van der Waals surface area contributed by atoms with Crippen LogP contribution in [0.3, 0.4) is 0 Å². The van der Waals surface area contributed by atoms with Crippen LogP contribution in [-0.4, -0.2) is 0 Å². The molecule has 0 radical (unpaired) electrons. The number of benzene rings is 3. The summed E-state index contributed by atoms with van der Waals surface area (Å²) in [6.07, 6.45) is 0.714. The van der Waals surface area contributed by atoms with E-state index in [1.165, 1.54) is 27.8 Å². The lowest BCUT2D eigenvalue weighted by molar-refractivity contribution is 0.457. The van der Waals surface area contributed by atoms with Gasteiger partial charge in [-0.15, -0.1) is 0 Å². The molecule has 0 aliphatic rings. The van der Waals surface area contributed by atoms with E-state index in [4.69, 9.17) is 9.05 Å². The molecule has 0 N–H and O–H groups in total. The lowest BCUT2D eigenvalue weighted by Gasteiger charge is -2.30. The highest BCUT2D eigenvalue weighted by Crippen LogP contribution is 2.49. The maximum Gasteiger partial charge on any atom is 0.295 e. The molecule has 0 fully saturated rings. The number of hydrogen-bond donors (Lipinski definition) is 0. The van der Waals surface area contributed by atoms with Gasteiger partial charge in [0.2, 0.25) is 0 Å². The molecule has 0 unspecified atom stereocenters. The van der Waals surface area contributed by atoms with Gasteiger partial charge in [-0.2, -0.15) is 0 Å². The topological polar surface area (TPSA) is 18.5 Å². The highest BCUT2D eigenvalue weighted by atomic mass is 31.2. The zero-order chi connectivity index (χ0) is 28.5. The first-order chi connectivity index (χ1) is 17.4. The summed E-state index contributed by atoms with van der Waals surface area (Å²) in [6, 6.07) is 23.9. The Morgan fingerprint density at radius 1 is 0.500 bits per heavy atom. The van der Waals surface area contributed by atoms with Gasteiger partial charge in [0.1, 0.15) is 11.5 Å². The highest BCUT2D eigenvalue weighted by molar-refractivity contribution is 7.47. The van der Waals surface area contributed by atoms with E-state index in [1.54, 1.807) is 0 Å². The van der Waals surface area contributed by atoms with E-state index in [0.717, 1.165) is 11.5 Å². The van der Waals surface area contributed by atoms with Crippen molar-refractivity contribution in [2.45, 2.75) is 111 Å². The van der Waals surface area contributed by atoms with Gasteiger partial charge in [-0.3, -0.25) is 0 Å². The fourth-order valence-electron chi connectivity index (χ4n) is 4.36. The highest BCUT2D eigenvalue weighted by Gasteiger charge is 2.28. The number of rotatable bonds is 6. The van der Waals surface area contributed by atoms with Crippen molar-refractivity contribution in [2.75, 3.05) is 0 Å². The fraction of sp³-hybridized carbons (Fsp3) is 0.486. The molecule has 0 saturated heterocycles. The van der Waals surface area contributed by atoms with Gasteiger partial charge in [-0.25, -0.2) is 0 Å². The molecule has 0 aromatic heterocycles. The van der Waals surface area contributed by atoms with E-state index >= 15 is 0 Å². The van der Waals surface area contributed by atoms with Gasteiger partial charge >= 0.3 is 0 Å². The zero-order valence-corrected chi connectivity index (χ0v) is 26.7. The van der Waals surface area contributed by atoms with Crippen molar-refractivity contribution in [3.63, 3.8) is 0 Å². The van der Waals surface area contributed by atoms with E-state index in [-0.39, 0.29) is 21.7 Å². The van der Waals surface area contributed by atoms with Gasteiger partial charge in [0.15, 0.2) is 0 Å². The molecule has 0 amide bonds. The molecule has 0 atom stereocenters. The predicted octanol–water partition coefficient (Wildman–Crippen LogP) is 10.8. The normalized spacial score (nSPS) is 13.1. The summed E-state index contributed by atoms with van der Waals surface area (Å²) in [5, 5.41) is 0. The zero-order valence-electron chi connectivity index (χ0n) is 25.8. The maximum absolute atomic E-state index is 6.86. The van der Waals surface area contributed by atoms with Crippen LogP contribution in [0.25, 0.3) is 0 Å². The molecular formula is C35H49O2P. The summed E-state index contributed by atoms with van der Waals surface area (Å²) >= 11 is 0.